The molecule has 0 aliphatic heterocycles. The van der Waals surface area contributed by atoms with Crippen molar-refractivity contribution < 1.29 is 9.53 Å². The Hall–Kier alpha value is -1.76. The minimum absolute atomic E-state index is 0.0677. The zero-order chi connectivity index (χ0) is 17.6. The average Bonchev–Trinajstić information content (AvgIpc) is 3.05. The van der Waals surface area contributed by atoms with Gasteiger partial charge in [-0.3, -0.25) is 0 Å². The molecule has 4 heteroatoms. The number of hydrogen-bond donors (Lipinski definition) is 0. The van der Waals surface area contributed by atoms with Gasteiger partial charge in [-0.15, -0.1) is 0 Å². The molecule has 0 aliphatic carbocycles. The van der Waals surface area contributed by atoms with Gasteiger partial charge in [-0.25, -0.2) is 4.79 Å². The Morgan fingerprint density at radius 1 is 1.17 bits per heavy atom. The maximum atomic E-state index is 11.9. The minimum atomic E-state index is -0.289. The molecule has 0 aliphatic rings. The second-order valence-corrected chi connectivity index (χ2v) is 6.33. The first kappa shape index (κ1) is 20.3. The van der Waals surface area contributed by atoms with E-state index in [1.165, 1.54) is 38.5 Å². The molecule has 1 aromatic rings. The number of ether oxygens (including phenoxy) is 1. The highest BCUT2D eigenvalue weighted by Crippen LogP contribution is 2.17. The van der Waals surface area contributed by atoms with Gasteiger partial charge in [0.15, 0.2) is 0 Å². The highest BCUT2D eigenvalue weighted by Gasteiger charge is 2.13. The predicted octanol–water partition coefficient (Wildman–Crippen LogP) is 5.34. The largest absolute Gasteiger partial charge is 0.461 e. The summed E-state index contributed by atoms with van der Waals surface area (Å²) in [6.07, 6.45) is 12.5. The summed E-state index contributed by atoms with van der Waals surface area (Å²) < 4.78 is 6.95. The lowest BCUT2D eigenvalue weighted by molar-refractivity contribution is 0.0513. The van der Waals surface area contributed by atoms with E-state index in [0.717, 1.165) is 19.3 Å². The molecule has 1 rings (SSSR count). The molecular weight excluding hydrogens is 300 g/mol. The van der Waals surface area contributed by atoms with Gasteiger partial charge < -0.3 is 9.30 Å². The molecule has 24 heavy (non-hydrogen) atoms. The van der Waals surface area contributed by atoms with Crippen molar-refractivity contribution in [2.75, 3.05) is 6.61 Å². The van der Waals surface area contributed by atoms with E-state index in [2.05, 4.69) is 13.0 Å². The standard InChI is InChI=1S/C20H32N2O2/c1-3-5-6-7-8-9-10-12-18(17-21)14-16-22-15-11-13-19(22)20(23)24-4-2/h11,13,15,18H,3-10,12,14,16H2,1-2H3. The number of aromatic nitrogens is 1. The molecule has 0 N–H and O–H groups in total. The van der Waals surface area contributed by atoms with Crippen molar-refractivity contribution in [2.24, 2.45) is 5.92 Å². The van der Waals surface area contributed by atoms with Crippen molar-refractivity contribution in [1.29, 1.82) is 5.26 Å². The second kappa shape index (κ2) is 12.6. The smallest absolute Gasteiger partial charge is 0.354 e. The number of rotatable bonds is 13. The summed E-state index contributed by atoms with van der Waals surface area (Å²) in [5.74, 6) is -0.221. The Bertz CT molecular complexity index is 502. The van der Waals surface area contributed by atoms with Gasteiger partial charge >= 0.3 is 5.97 Å². The van der Waals surface area contributed by atoms with E-state index in [1.54, 1.807) is 13.0 Å². The third-order valence-corrected chi connectivity index (χ3v) is 4.37. The molecule has 0 spiro atoms. The summed E-state index contributed by atoms with van der Waals surface area (Å²) in [6, 6.07) is 6.04. The molecule has 134 valence electrons. The van der Waals surface area contributed by atoms with Crippen LogP contribution in [-0.4, -0.2) is 17.1 Å². The van der Waals surface area contributed by atoms with Crippen LogP contribution in [0.3, 0.4) is 0 Å². The first-order valence-corrected chi connectivity index (χ1v) is 9.44. The van der Waals surface area contributed by atoms with E-state index in [9.17, 15) is 10.1 Å². The zero-order valence-electron chi connectivity index (χ0n) is 15.3. The van der Waals surface area contributed by atoms with E-state index >= 15 is 0 Å². The first-order chi connectivity index (χ1) is 11.7. The van der Waals surface area contributed by atoms with Crippen LogP contribution >= 0.6 is 0 Å². The van der Waals surface area contributed by atoms with Crippen LogP contribution in [0.2, 0.25) is 0 Å². The van der Waals surface area contributed by atoms with Crippen molar-refractivity contribution in [3.8, 4) is 6.07 Å². The summed E-state index contributed by atoms with van der Waals surface area (Å²) in [5, 5.41) is 9.34. The second-order valence-electron chi connectivity index (χ2n) is 6.33. The molecule has 0 aromatic carbocycles. The maximum Gasteiger partial charge on any atom is 0.354 e. The Morgan fingerprint density at radius 2 is 1.88 bits per heavy atom. The molecule has 1 unspecified atom stereocenters. The van der Waals surface area contributed by atoms with Gasteiger partial charge in [-0.1, -0.05) is 51.9 Å². The summed E-state index contributed by atoms with van der Waals surface area (Å²) in [4.78, 5) is 11.9. The minimum Gasteiger partial charge on any atom is -0.461 e. The molecule has 4 nitrogen and oxygen atoms in total. The lowest BCUT2D eigenvalue weighted by atomic mass is 9.98. The number of esters is 1. The number of aryl methyl sites for hydroxylation is 1. The van der Waals surface area contributed by atoms with E-state index in [1.807, 2.05) is 16.8 Å². The third-order valence-electron chi connectivity index (χ3n) is 4.37. The molecular formula is C20H32N2O2. The molecule has 0 amide bonds. The van der Waals surface area contributed by atoms with Crippen molar-refractivity contribution in [2.45, 2.75) is 78.2 Å². The van der Waals surface area contributed by atoms with Gasteiger partial charge in [0.2, 0.25) is 0 Å². The Morgan fingerprint density at radius 3 is 2.54 bits per heavy atom. The maximum absolute atomic E-state index is 11.9. The average molecular weight is 332 g/mol. The topological polar surface area (TPSA) is 55.0 Å². The predicted molar refractivity (Wildman–Crippen MR) is 96.7 cm³/mol. The fraction of sp³-hybridized carbons (Fsp3) is 0.700. The summed E-state index contributed by atoms with van der Waals surface area (Å²) in [7, 11) is 0. The fourth-order valence-corrected chi connectivity index (χ4v) is 2.92. The van der Waals surface area contributed by atoms with E-state index < -0.39 is 0 Å². The number of nitrogens with zero attached hydrogens (tertiary/aromatic N) is 2. The van der Waals surface area contributed by atoms with E-state index in [0.29, 0.717) is 18.8 Å². The van der Waals surface area contributed by atoms with Crippen LogP contribution in [0.25, 0.3) is 0 Å². The number of carbonyl (C=O) groups excluding carboxylic acids is 1. The normalized spacial score (nSPS) is 11.9. The van der Waals surface area contributed by atoms with Crippen LogP contribution in [0.1, 0.15) is 82.1 Å². The molecule has 0 radical (unpaired) electrons. The van der Waals surface area contributed by atoms with Crippen LogP contribution in [0.5, 0.6) is 0 Å². The van der Waals surface area contributed by atoms with Crippen molar-refractivity contribution in [1.82, 2.24) is 4.57 Å². The van der Waals surface area contributed by atoms with Crippen LogP contribution in [0, 0.1) is 17.2 Å². The summed E-state index contributed by atoms with van der Waals surface area (Å²) >= 11 is 0. The van der Waals surface area contributed by atoms with Crippen molar-refractivity contribution >= 4 is 5.97 Å². The highest BCUT2D eigenvalue weighted by atomic mass is 16.5. The third kappa shape index (κ3) is 7.68. The summed E-state index contributed by atoms with van der Waals surface area (Å²) in [5.41, 5.74) is 0.574. The van der Waals surface area contributed by atoms with Crippen LogP contribution in [0.15, 0.2) is 18.3 Å². The van der Waals surface area contributed by atoms with Gasteiger partial charge in [0.05, 0.1) is 12.7 Å². The number of hydrogen-bond acceptors (Lipinski definition) is 3. The molecule has 1 atom stereocenters. The molecule has 0 saturated carbocycles. The number of nitriles is 1. The van der Waals surface area contributed by atoms with Gasteiger partial charge in [0.1, 0.15) is 5.69 Å². The number of unbranched alkanes of at least 4 members (excludes halogenated alkanes) is 6. The van der Waals surface area contributed by atoms with Gasteiger partial charge in [0.25, 0.3) is 0 Å². The van der Waals surface area contributed by atoms with Crippen LogP contribution < -0.4 is 0 Å². The SMILES string of the molecule is CCCCCCCCCC(C#N)CCn1cccc1C(=O)OCC. The first-order valence-electron chi connectivity index (χ1n) is 9.44. The van der Waals surface area contributed by atoms with E-state index in [-0.39, 0.29) is 11.9 Å². The van der Waals surface area contributed by atoms with Crippen molar-refractivity contribution in [3.63, 3.8) is 0 Å². The fourth-order valence-electron chi connectivity index (χ4n) is 2.92. The molecule has 0 saturated heterocycles. The Balaban J connectivity index is 2.28. The van der Waals surface area contributed by atoms with Gasteiger partial charge in [0, 0.05) is 18.7 Å². The summed E-state index contributed by atoms with van der Waals surface area (Å²) in [6.45, 7) is 5.10. The van der Waals surface area contributed by atoms with Crippen LogP contribution in [0.4, 0.5) is 0 Å². The Labute approximate surface area is 146 Å². The quantitative estimate of drug-likeness (QED) is 0.362. The number of carbonyl (C=O) groups is 1. The highest BCUT2D eigenvalue weighted by molar-refractivity contribution is 5.87. The van der Waals surface area contributed by atoms with Gasteiger partial charge in [-0.2, -0.15) is 5.26 Å². The lowest BCUT2D eigenvalue weighted by Gasteiger charge is -2.12. The van der Waals surface area contributed by atoms with Crippen molar-refractivity contribution in [3.05, 3.63) is 24.0 Å². The zero-order valence-corrected chi connectivity index (χ0v) is 15.3. The molecule has 0 bridgehead atoms. The molecule has 1 aromatic heterocycles. The monoisotopic (exact) mass is 332 g/mol. The van der Waals surface area contributed by atoms with Crippen LogP contribution in [-0.2, 0) is 11.3 Å². The molecule has 0 fully saturated rings. The lowest BCUT2D eigenvalue weighted by Crippen LogP contribution is -2.13. The molecule has 1 heterocycles. The van der Waals surface area contributed by atoms with Gasteiger partial charge in [-0.05, 0) is 31.9 Å². The Kier molecular flexibility index (Phi) is 10.7. The van der Waals surface area contributed by atoms with E-state index in [4.69, 9.17) is 4.74 Å².